The lowest BCUT2D eigenvalue weighted by Crippen LogP contribution is -2.62. The fraction of sp³-hybridized carbons (Fsp3) is 0.425. The van der Waals surface area contributed by atoms with Gasteiger partial charge in [0.25, 0.3) is 5.91 Å². The molecule has 0 spiro atoms. The number of carboxylic acid groups (broad SMARTS) is 1. The third-order valence-electron chi connectivity index (χ3n) is 9.86. The van der Waals surface area contributed by atoms with Gasteiger partial charge >= 0.3 is 5.97 Å². The first kappa shape index (κ1) is 35.5. The number of benzene rings is 3. The Morgan fingerprint density at radius 2 is 1.66 bits per heavy atom. The van der Waals surface area contributed by atoms with Crippen molar-refractivity contribution in [3.05, 3.63) is 99.6 Å². The van der Waals surface area contributed by atoms with Crippen LogP contribution in [0, 0.1) is 13.8 Å². The summed E-state index contributed by atoms with van der Waals surface area (Å²) in [6.45, 7) is 6.23. The van der Waals surface area contributed by atoms with Gasteiger partial charge in [0.05, 0.1) is 11.1 Å². The van der Waals surface area contributed by atoms with Crippen LogP contribution in [0.4, 0.5) is 0 Å². The van der Waals surface area contributed by atoms with Crippen LogP contribution in [0.5, 0.6) is 11.5 Å². The highest BCUT2D eigenvalue weighted by Gasteiger charge is 2.43. The first-order valence-electron chi connectivity index (χ1n) is 17.6. The van der Waals surface area contributed by atoms with Crippen LogP contribution in [0.25, 0.3) is 5.57 Å². The van der Waals surface area contributed by atoms with E-state index in [2.05, 4.69) is 17.4 Å². The van der Waals surface area contributed by atoms with E-state index in [-0.39, 0.29) is 42.8 Å². The van der Waals surface area contributed by atoms with Crippen molar-refractivity contribution in [2.45, 2.75) is 76.9 Å². The largest absolute Gasteiger partial charge is 0.490 e. The van der Waals surface area contributed by atoms with E-state index in [0.29, 0.717) is 62.2 Å². The average Bonchev–Trinajstić information content (AvgIpc) is 3.94. The van der Waals surface area contributed by atoms with Crippen molar-refractivity contribution < 1.29 is 29.0 Å². The number of aryl methyl sites for hydroxylation is 2. The fourth-order valence-electron chi connectivity index (χ4n) is 6.93. The molecular weight excluding hydrogens is 654 g/mol. The standard InChI is InChI=1S/C40H46ClN3O6/c1-26-21-34(41)36(22-27(26)2)50-20-19-49-32-15-11-29(12-16-32)33-23-30-24-43(37(45)9-6-10-38(46)47)25-35(42-30)39(33)40(48)44(31-13-14-31)18-17-28-7-4-3-5-8-28/h3-5,7-8,11-12,15-16,21-22,30-31,35,42H,6,9-10,13-14,17-20,23-25H2,1-2H3,(H,46,47)/t30-,35-/m1/s1. The van der Waals surface area contributed by atoms with Crippen LogP contribution in [-0.2, 0) is 20.8 Å². The Kier molecular flexibility index (Phi) is 11.4. The third-order valence-corrected chi connectivity index (χ3v) is 10.2. The minimum Gasteiger partial charge on any atom is -0.490 e. The number of nitrogens with one attached hydrogen (secondary N) is 1. The molecule has 0 unspecified atom stereocenters. The molecule has 3 aliphatic rings. The molecule has 2 aliphatic heterocycles. The molecule has 1 saturated heterocycles. The Labute approximate surface area is 299 Å². The zero-order chi connectivity index (χ0) is 35.2. The van der Waals surface area contributed by atoms with Gasteiger partial charge in [0.2, 0.25) is 5.91 Å². The molecule has 6 rings (SSSR count). The van der Waals surface area contributed by atoms with Crippen molar-refractivity contribution in [2.75, 3.05) is 32.8 Å². The van der Waals surface area contributed by atoms with Gasteiger partial charge in [0.15, 0.2) is 0 Å². The molecule has 10 heteroatoms. The molecule has 50 heavy (non-hydrogen) atoms. The molecule has 2 heterocycles. The molecule has 1 aliphatic carbocycles. The van der Waals surface area contributed by atoms with Crippen molar-refractivity contribution in [2.24, 2.45) is 0 Å². The minimum absolute atomic E-state index is 0.0206. The molecule has 3 aromatic carbocycles. The van der Waals surface area contributed by atoms with Gasteiger partial charge in [0.1, 0.15) is 24.7 Å². The number of fused-ring (bicyclic) bond motifs is 2. The van der Waals surface area contributed by atoms with Gasteiger partial charge < -0.3 is 29.7 Å². The van der Waals surface area contributed by atoms with Crippen LogP contribution in [0.2, 0.25) is 5.02 Å². The van der Waals surface area contributed by atoms with Gasteiger partial charge in [-0.1, -0.05) is 54.1 Å². The smallest absolute Gasteiger partial charge is 0.303 e. The number of aliphatic carboxylic acids is 1. The Bertz CT molecular complexity index is 1720. The first-order valence-corrected chi connectivity index (χ1v) is 18.0. The van der Waals surface area contributed by atoms with Gasteiger partial charge in [-0.3, -0.25) is 14.4 Å². The monoisotopic (exact) mass is 699 g/mol. The lowest BCUT2D eigenvalue weighted by atomic mass is 9.82. The Morgan fingerprint density at radius 3 is 2.38 bits per heavy atom. The average molecular weight is 700 g/mol. The number of carbonyl (C=O) groups excluding carboxylic acids is 2. The summed E-state index contributed by atoms with van der Waals surface area (Å²) in [5, 5.41) is 13.3. The van der Waals surface area contributed by atoms with Crippen molar-refractivity contribution >= 4 is 35.0 Å². The van der Waals surface area contributed by atoms with Crippen molar-refractivity contribution in [3.63, 3.8) is 0 Å². The zero-order valence-electron chi connectivity index (χ0n) is 28.8. The van der Waals surface area contributed by atoms with Crippen molar-refractivity contribution in [1.29, 1.82) is 0 Å². The number of piperazine rings is 1. The second kappa shape index (κ2) is 16.1. The predicted molar refractivity (Wildman–Crippen MR) is 194 cm³/mol. The number of rotatable bonds is 15. The van der Waals surface area contributed by atoms with E-state index >= 15 is 0 Å². The van der Waals surface area contributed by atoms with Crippen molar-refractivity contribution in [1.82, 2.24) is 15.1 Å². The van der Waals surface area contributed by atoms with Crippen LogP contribution >= 0.6 is 11.6 Å². The maximum Gasteiger partial charge on any atom is 0.303 e. The first-order chi connectivity index (χ1) is 24.2. The molecule has 2 bridgehead atoms. The maximum absolute atomic E-state index is 14.6. The zero-order valence-corrected chi connectivity index (χ0v) is 29.6. The molecule has 0 radical (unpaired) electrons. The van der Waals surface area contributed by atoms with Crippen LogP contribution < -0.4 is 14.8 Å². The number of hydrogen-bond acceptors (Lipinski definition) is 6. The third kappa shape index (κ3) is 8.87. The highest BCUT2D eigenvalue weighted by atomic mass is 35.5. The second-order valence-electron chi connectivity index (χ2n) is 13.6. The van der Waals surface area contributed by atoms with Crippen LogP contribution in [0.1, 0.15) is 60.8 Å². The Balaban J connectivity index is 1.20. The molecule has 1 saturated carbocycles. The van der Waals surface area contributed by atoms with Crippen LogP contribution in [0.3, 0.4) is 0 Å². The predicted octanol–water partition coefficient (Wildman–Crippen LogP) is 6.23. The van der Waals surface area contributed by atoms with Crippen LogP contribution in [0.15, 0.2) is 72.3 Å². The van der Waals surface area contributed by atoms with E-state index in [0.717, 1.165) is 47.1 Å². The summed E-state index contributed by atoms with van der Waals surface area (Å²) in [7, 11) is 0. The molecule has 2 N–H and O–H groups in total. The second-order valence-corrected chi connectivity index (χ2v) is 14.0. The summed E-state index contributed by atoms with van der Waals surface area (Å²) in [4.78, 5) is 42.7. The normalized spacial score (nSPS) is 18.5. The highest BCUT2D eigenvalue weighted by molar-refractivity contribution is 6.32. The number of hydrogen-bond donors (Lipinski definition) is 2. The molecular formula is C40H46ClN3O6. The SMILES string of the molecule is Cc1cc(Cl)c(OCCOc2ccc(C3=C(C(=O)N(CCc4ccccc4)C4CC4)[C@H]4CN(C(=O)CCCC(=O)O)C[C@@H](C3)N4)cc2)cc1C. The lowest BCUT2D eigenvalue weighted by molar-refractivity contribution is -0.138. The Hall–Kier alpha value is -4.34. The van der Waals surface area contributed by atoms with E-state index in [1.807, 2.05) is 78.2 Å². The number of amides is 2. The summed E-state index contributed by atoms with van der Waals surface area (Å²) in [5.41, 5.74) is 6.11. The number of ether oxygens (including phenoxy) is 2. The molecule has 2 atom stereocenters. The summed E-state index contributed by atoms with van der Waals surface area (Å²) < 4.78 is 11.9. The number of nitrogens with zero attached hydrogens (tertiary/aromatic N) is 2. The Morgan fingerprint density at radius 1 is 0.940 bits per heavy atom. The molecule has 9 nitrogen and oxygen atoms in total. The number of halogens is 1. The fourth-order valence-corrected chi connectivity index (χ4v) is 7.21. The number of carboxylic acids is 1. The maximum atomic E-state index is 14.6. The van der Waals surface area contributed by atoms with E-state index in [1.165, 1.54) is 5.56 Å². The van der Waals surface area contributed by atoms with Gasteiger partial charge in [-0.2, -0.15) is 0 Å². The van der Waals surface area contributed by atoms with Gasteiger partial charge in [0, 0.05) is 50.1 Å². The molecule has 0 aromatic heterocycles. The molecule has 264 valence electrons. The van der Waals surface area contributed by atoms with E-state index in [9.17, 15) is 14.4 Å². The summed E-state index contributed by atoms with van der Waals surface area (Å²) >= 11 is 6.36. The van der Waals surface area contributed by atoms with Gasteiger partial charge in [-0.05, 0) is 98.0 Å². The number of carbonyl (C=O) groups is 3. The lowest BCUT2D eigenvalue weighted by Gasteiger charge is -2.45. The van der Waals surface area contributed by atoms with E-state index < -0.39 is 5.97 Å². The van der Waals surface area contributed by atoms with Gasteiger partial charge in [-0.15, -0.1) is 0 Å². The van der Waals surface area contributed by atoms with Crippen LogP contribution in [-0.4, -0.2) is 83.7 Å². The van der Waals surface area contributed by atoms with E-state index in [4.69, 9.17) is 26.2 Å². The minimum atomic E-state index is -0.905. The quantitative estimate of drug-likeness (QED) is 0.181. The summed E-state index contributed by atoms with van der Waals surface area (Å²) in [5.74, 6) is 0.395. The molecule has 3 aromatic rings. The van der Waals surface area contributed by atoms with E-state index in [1.54, 1.807) is 0 Å². The molecule has 2 amide bonds. The topological polar surface area (TPSA) is 108 Å². The highest BCUT2D eigenvalue weighted by Crippen LogP contribution is 2.37. The molecule has 2 fully saturated rings. The summed E-state index contributed by atoms with van der Waals surface area (Å²) in [6.07, 6.45) is 3.79. The van der Waals surface area contributed by atoms with Gasteiger partial charge in [-0.25, -0.2) is 0 Å². The van der Waals surface area contributed by atoms with Crippen molar-refractivity contribution in [3.8, 4) is 11.5 Å². The summed E-state index contributed by atoms with van der Waals surface area (Å²) in [6, 6.07) is 21.8.